The summed E-state index contributed by atoms with van der Waals surface area (Å²) in [6, 6.07) is 10.2. The van der Waals surface area contributed by atoms with Gasteiger partial charge in [0.1, 0.15) is 0 Å². The first-order valence-corrected chi connectivity index (χ1v) is 6.16. The van der Waals surface area contributed by atoms with Gasteiger partial charge in [-0.15, -0.1) is 0 Å². The number of hydrogen-bond donors (Lipinski definition) is 1. The molecule has 0 radical (unpaired) electrons. The van der Waals surface area contributed by atoms with Gasteiger partial charge in [-0.3, -0.25) is 4.79 Å². The van der Waals surface area contributed by atoms with Crippen molar-refractivity contribution >= 4 is 10.9 Å². The molecule has 2 rings (SSSR count). The van der Waals surface area contributed by atoms with Crippen LogP contribution in [0.25, 0.3) is 10.9 Å². The van der Waals surface area contributed by atoms with Gasteiger partial charge in [-0.25, -0.2) is 0 Å². The zero-order chi connectivity index (χ0) is 13.1. The van der Waals surface area contributed by atoms with Crippen molar-refractivity contribution in [2.45, 2.75) is 26.7 Å². The highest BCUT2D eigenvalue weighted by Crippen LogP contribution is 2.17. The number of H-pyrrole nitrogens is 1. The van der Waals surface area contributed by atoms with Crippen LogP contribution in [0.15, 0.2) is 29.1 Å². The Labute approximate surface area is 106 Å². The zero-order valence-corrected chi connectivity index (χ0v) is 10.7. The van der Waals surface area contributed by atoms with Crippen LogP contribution in [0.1, 0.15) is 24.5 Å². The topological polar surface area (TPSA) is 56.6 Å². The normalized spacial score (nSPS) is 12.3. The lowest BCUT2D eigenvalue weighted by Crippen LogP contribution is -2.08. The fourth-order valence-corrected chi connectivity index (χ4v) is 2.06. The summed E-state index contributed by atoms with van der Waals surface area (Å²) < 4.78 is 0. The van der Waals surface area contributed by atoms with Crippen molar-refractivity contribution < 1.29 is 0 Å². The molecule has 1 atom stereocenters. The number of nitriles is 1. The molecule has 0 aliphatic rings. The smallest absolute Gasteiger partial charge is 0.251 e. The van der Waals surface area contributed by atoms with Gasteiger partial charge in [0.2, 0.25) is 0 Å². The van der Waals surface area contributed by atoms with Crippen molar-refractivity contribution in [2.24, 2.45) is 5.92 Å². The molecule has 0 fully saturated rings. The number of aryl methyl sites for hydroxylation is 1. The number of fused-ring (bicyclic) bond motifs is 1. The second-order valence-electron chi connectivity index (χ2n) is 4.64. The third kappa shape index (κ3) is 2.43. The molecule has 1 unspecified atom stereocenters. The molecule has 1 heterocycles. The van der Waals surface area contributed by atoms with Gasteiger partial charge in [0.05, 0.1) is 12.0 Å². The maximum absolute atomic E-state index is 11.5. The number of benzene rings is 1. The van der Waals surface area contributed by atoms with Gasteiger partial charge in [-0.1, -0.05) is 13.0 Å². The van der Waals surface area contributed by atoms with Crippen molar-refractivity contribution in [2.75, 3.05) is 0 Å². The van der Waals surface area contributed by atoms with Gasteiger partial charge < -0.3 is 4.98 Å². The van der Waals surface area contributed by atoms with Crippen molar-refractivity contribution in [3.63, 3.8) is 0 Å². The van der Waals surface area contributed by atoms with E-state index in [1.165, 1.54) is 0 Å². The molecule has 0 spiro atoms. The maximum Gasteiger partial charge on any atom is 0.251 e. The molecule has 0 amide bonds. The quantitative estimate of drug-likeness (QED) is 0.896. The first-order chi connectivity index (χ1) is 8.63. The molecule has 0 bridgehead atoms. The first-order valence-electron chi connectivity index (χ1n) is 6.16. The molecule has 18 heavy (non-hydrogen) atoms. The van der Waals surface area contributed by atoms with Gasteiger partial charge >= 0.3 is 0 Å². The molecule has 0 aliphatic heterocycles. The molecule has 92 valence electrons. The summed E-state index contributed by atoms with van der Waals surface area (Å²) in [5, 5.41) is 10.0. The second-order valence-corrected chi connectivity index (χ2v) is 4.64. The Hall–Kier alpha value is -2.08. The summed E-state index contributed by atoms with van der Waals surface area (Å²) >= 11 is 0. The number of pyridine rings is 1. The standard InChI is InChI=1S/C15H16N2O/c1-3-11(9-16)7-12-4-5-14-13(8-12)6-10(2)15(18)17-14/h4-6,8,11H,3,7H2,1-2H3,(H,17,18). The zero-order valence-electron chi connectivity index (χ0n) is 10.7. The fourth-order valence-electron chi connectivity index (χ4n) is 2.06. The number of nitrogens with one attached hydrogen (secondary N) is 1. The molecule has 3 heteroatoms. The number of nitrogens with zero attached hydrogens (tertiary/aromatic N) is 1. The Morgan fingerprint density at radius 2 is 2.17 bits per heavy atom. The van der Waals surface area contributed by atoms with E-state index in [4.69, 9.17) is 5.26 Å². The van der Waals surface area contributed by atoms with Crippen LogP contribution in [0.2, 0.25) is 0 Å². The monoisotopic (exact) mass is 240 g/mol. The van der Waals surface area contributed by atoms with Crippen LogP contribution in [0.4, 0.5) is 0 Å². The Balaban J connectivity index is 2.41. The van der Waals surface area contributed by atoms with E-state index in [0.29, 0.717) is 5.56 Å². The summed E-state index contributed by atoms with van der Waals surface area (Å²) in [5.41, 5.74) is 2.66. The largest absolute Gasteiger partial charge is 0.322 e. The number of rotatable bonds is 3. The van der Waals surface area contributed by atoms with E-state index in [9.17, 15) is 4.79 Å². The number of hydrogen-bond acceptors (Lipinski definition) is 2. The Morgan fingerprint density at radius 3 is 2.83 bits per heavy atom. The second kappa shape index (κ2) is 5.05. The molecular weight excluding hydrogens is 224 g/mol. The molecule has 0 aliphatic carbocycles. The molecule has 1 N–H and O–H groups in total. The van der Waals surface area contributed by atoms with Crippen molar-refractivity contribution in [3.8, 4) is 6.07 Å². The van der Waals surface area contributed by atoms with Gasteiger partial charge in [0.25, 0.3) is 5.56 Å². The highest BCUT2D eigenvalue weighted by atomic mass is 16.1. The number of aromatic nitrogens is 1. The van der Waals surface area contributed by atoms with Crippen LogP contribution >= 0.6 is 0 Å². The minimum Gasteiger partial charge on any atom is -0.322 e. The van der Waals surface area contributed by atoms with E-state index in [-0.39, 0.29) is 11.5 Å². The predicted octanol–water partition coefficient (Wildman–Crippen LogP) is 2.93. The van der Waals surface area contributed by atoms with Gasteiger partial charge in [-0.2, -0.15) is 5.26 Å². The average Bonchev–Trinajstić information content (AvgIpc) is 2.37. The summed E-state index contributed by atoms with van der Waals surface area (Å²) in [6.07, 6.45) is 1.63. The minimum absolute atomic E-state index is 0.0429. The van der Waals surface area contributed by atoms with Crippen LogP contribution in [0, 0.1) is 24.2 Å². The van der Waals surface area contributed by atoms with Crippen molar-refractivity contribution in [1.29, 1.82) is 5.26 Å². The van der Waals surface area contributed by atoms with Gasteiger partial charge in [0, 0.05) is 11.1 Å². The van der Waals surface area contributed by atoms with Gasteiger partial charge in [-0.05, 0) is 48.9 Å². The van der Waals surface area contributed by atoms with E-state index in [0.717, 1.165) is 29.3 Å². The first kappa shape index (κ1) is 12.4. The lowest BCUT2D eigenvalue weighted by molar-refractivity contribution is 0.638. The Morgan fingerprint density at radius 1 is 1.39 bits per heavy atom. The molecule has 2 aromatic rings. The van der Waals surface area contributed by atoms with Crippen LogP contribution in [-0.4, -0.2) is 4.98 Å². The van der Waals surface area contributed by atoms with E-state index >= 15 is 0 Å². The third-order valence-corrected chi connectivity index (χ3v) is 3.25. The highest BCUT2D eigenvalue weighted by molar-refractivity contribution is 5.79. The van der Waals surface area contributed by atoms with Crippen molar-refractivity contribution in [1.82, 2.24) is 4.98 Å². The van der Waals surface area contributed by atoms with Crippen LogP contribution in [-0.2, 0) is 6.42 Å². The third-order valence-electron chi connectivity index (χ3n) is 3.25. The van der Waals surface area contributed by atoms with E-state index in [1.807, 2.05) is 25.1 Å². The van der Waals surface area contributed by atoms with Crippen molar-refractivity contribution in [3.05, 3.63) is 45.7 Å². The average molecular weight is 240 g/mol. The lowest BCUT2D eigenvalue weighted by atomic mass is 9.97. The van der Waals surface area contributed by atoms with Crippen LogP contribution in [0.3, 0.4) is 0 Å². The predicted molar refractivity (Wildman–Crippen MR) is 72.4 cm³/mol. The van der Waals surface area contributed by atoms with E-state index < -0.39 is 0 Å². The SMILES string of the molecule is CCC(C#N)Cc1ccc2[nH]c(=O)c(C)cc2c1. The maximum atomic E-state index is 11.5. The molecule has 3 nitrogen and oxygen atoms in total. The molecule has 0 saturated carbocycles. The minimum atomic E-state index is -0.0429. The number of aromatic amines is 1. The fraction of sp³-hybridized carbons (Fsp3) is 0.333. The lowest BCUT2D eigenvalue weighted by Gasteiger charge is -2.07. The summed E-state index contributed by atoms with van der Waals surface area (Å²) in [6.45, 7) is 3.83. The Kier molecular flexibility index (Phi) is 3.47. The molecular formula is C15H16N2O. The summed E-state index contributed by atoms with van der Waals surface area (Å²) in [4.78, 5) is 14.3. The summed E-state index contributed by atoms with van der Waals surface area (Å²) in [7, 11) is 0. The Bertz CT molecular complexity index is 664. The van der Waals surface area contributed by atoms with E-state index in [2.05, 4.69) is 17.1 Å². The van der Waals surface area contributed by atoms with Crippen LogP contribution in [0.5, 0.6) is 0 Å². The molecule has 1 aromatic carbocycles. The molecule has 0 saturated heterocycles. The molecule has 1 aromatic heterocycles. The summed E-state index contributed by atoms with van der Waals surface area (Å²) in [5.74, 6) is 0.0614. The van der Waals surface area contributed by atoms with Gasteiger partial charge in [0.15, 0.2) is 0 Å². The van der Waals surface area contributed by atoms with Crippen LogP contribution < -0.4 is 5.56 Å². The van der Waals surface area contributed by atoms with E-state index in [1.54, 1.807) is 6.92 Å². The highest BCUT2D eigenvalue weighted by Gasteiger charge is 2.07.